The van der Waals surface area contributed by atoms with Crippen LogP contribution in [0, 0.1) is 0 Å². The Morgan fingerprint density at radius 2 is 2.00 bits per heavy atom. The van der Waals surface area contributed by atoms with Gasteiger partial charge in [0.25, 0.3) is 0 Å². The monoisotopic (exact) mass is 328 g/mol. The van der Waals surface area contributed by atoms with Gasteiger partial charge in [0.15, 0.2) is 0 Å². The largest absolute Gasteiger partial charge is 0.369 e. The summed E-state index contributed by atoms with van der Waals surface area (Å²) in [5.41, 5.74) is 0.700. The zero-order valence-electron chi connectivity index (χ0n) is 13.2. The van der Waals surface area contributed by atoms with Crippen LogP contribution in [0.15, 0.2) is 29.2 Å². The lowest BCUT2D eigenvalue weighted by molar-refractivity contribution is -0.128. The predicted molar refractivity (Wildman–Crippen MR) is 84.7 cm³/mol. The average molecular weight is 328 g/mol. The number of amides is 1. The molecule has 1 amide bonds. The van der Waals surface area contributed by atoms with Gasteiger partial charge < -0.3 is 10.1 Å². The molecular weight excluding hydrogens is 304 g/mol. The van der Waals surface area contributed by atoms with Crippen molar-refractivity contribution in [3.05, 3.63) is 29.8 Å². The minimum Gasteiger partial charge on any atom is -0.369 e. The van der Waals surface area contributed by atoms with Crippen LogP contribution in [0.25, 0.3) is 0 Å². The quantitative estimate of drug-likeness (QED) is 0.759. The predicted octanol–water partition coefficient (Wildman–Crippen LogP) is 1.72. The number of hydrogen-bond donors (Lipinski definition) is 2. The van der Waals surface area contributed by atoms with E-state index in [4.69, 9.17) is 9.88 Å². The van der Waals surface area contributed by atoms with Gasteiger partial charge in [0, 0.05) is 0 Å². The zero-order valence-corrected chi connectivity index (χ0v) is 14.0. The number of carbonyl (C=O) groups excluding carboxylic acids is 1. The van der Waals surface area contributed by atoms with Crippen molar-refractivity contribution in [1.82, 2.24) is 5.32 Å². The minimum atomic E-state index is -3.76. The van der Waals surface area contributed by atoms with E-state index < -0.39 is 10.0 Å². The number of primary sulfonamides is 1. The van der Waals surface area contributed by atoms with Gasteiger partial charge in [-0.3, -0.25) is 4.79 Å². The molecule has 0 bridgehead atoms. The summed E-state index contributed by atoms with van der Waals surface area (Å²) in [6.45, 7) is 5.78. The smallest absolute Gasteiger partial charge is 0.246 e. The molecule has 0 aromatic heterocycles. The molecule has 0 aliphatic carbocycles. The fraction of sp³-hybridized carbons (Fsp3) is 0.533. The molecule has 0 heterocycles. The lowest BCUT2D eigenvalue weighted by Crippen LogP contribution is -2.32. The summed E-state index contributed by atoms with van der Waals surface area (Å²) in [4.78, 5) is 11.9. The van der Waals surface area contributed by atoms with E-state index in [0.717, 1.165) is 6.42 Å². The average Bonchev–Trinajstić information content (AvgIpc) is 2.49. The van der Waals surface area contributed by atoms with Crippen LogP contribution in [0.4, 0.5) is 0 Å². The van der Waals surface area contributed by atoms with E-state index in [2.05, 4.69) is 5.32 Å². The third kappa shape index (κ3) is 5.75. The Hall–Kier alpha value is -1.44. The van der Waals surface area contributed by atoms with E-state index in [1.165, 1.54) is 12.1 Å². The van der Waals surface area contributed by atoms with E-state index >= 15 is 0 Å². The van der Waals surface area contributed by atoms with Gasteiger partial charge >= 0.3 is 0 Å². The molecule has 7 heteroatoms. The number of carbonyl (C=O) groups is 1. The van der Waals surface area contributed by atoms with Crippen molar-refractivity contribution in [1.29, 1.82) is 0 Å². The SMILES string of the molecule is CC[C@H](NC(=O)CO[C@@H](C)CC)c1cccc(S(N)(=O)=O)c1. The Kier molecular flexibility index (Phi) is 6.99. The molecule has 0 aliphatic heterocycles. The summed E-state index contributed by atoms with van der Waals surface area (Å²) in [6.07, 6.45) is 1.49. The number of nitrogens with two attached hydrogens (primary N) is 1. The highest BCUT2D eigenvalue weighted by molar-refractivity contribution is 7.89. The van der Waals surface area contributed by atoms with E-state index in [1.54, 1.807) is 12.1 Å². The molecule has 0 radical (unpaired) electrons. The molecule has 0 aliphatic rings. The molecule has 1 aromatic rings. The maximum atomic E-state index is 11.9. The Balaban J connectivity index is 2.78. The topological polar surface area (TPSA) is 98.5 Å². The molecule has 1 aromatic carbocycles. The van der Waals surface area contributed by atoms with Gasteiger partial charge in [0.1, 0.15) is 6.61 Å². The van der Waals surface area contributed by atoms with Crippen molar-refractivity contribution >= 4 is 15.9 Å². The van der Waals surface area contributed by atoms with Crippen molar-refractivity contribution in [3.63, 3.8) is 0 Å². The second-order valence-corrected chi connectivity index (χ2v) is 6.74. The molecule has 2 atom stereocenters. The van der Waals surface area contributed by atoms with Gasteiger partial charge in [-0.25, -0.2) is 13.6 Å². The van der Waals surface area contributed by atoms with E-state index in [9.17, 15) is 13.2 Å². The molecule has 0 saturated carbocycles. The number of hydrogen-bond acceptors (Lipinski definition) is 4. The number of ether oxygens (including phenoxy) is 1. The maximum absolute atomic E-state index is 11.9. The zero-order chi connectivity index (χ0) is 16.8. The number of nitrogens with one attached hydrogen (secondary N) is 1. The third-order valence-electron chi connectivity index (χ3n) is 3.41. The Morgan fingerprint density at radius 3 is 2.55 bits per heavy atom. The normalized spacial score (nSPS) is 14.4. The maximum Gasteiger partial charge on any atom is 0.246 e. The fourth-order valence-corrected chi connectivity index (χ4v) is 2.47. The van der Waals surface area contributed by atoms with E-state index in [-0.39, 0.29) is 29.6 Å². The van der Waals surface area contributed by atoms with Crippen LogP contribution in [0.2, 0.25) is 0 Å². The van der Waals surface area contributed by atoms with Gasteiger partial charge in [-0.2, -0.15) is 0 Å². The molecule has 22 heavy (non-hydrogen) atoms. The summed E-state index contributed by atoms with van der Waals surface area (Å²) in [6, 6.07) is 6.01. The highest BCUT2D eigenvalue weighted by Gasteiger charge is 2.16. The summed E-state index contributed by atoms with van der Waals surface area (Å²) < 4.78 is 28.2. The Bertz CT molecular complexity index is 601. The van der Waals surface area contributed by atoms with Gasteiger partial charge in [0.05, 0.1) is 17.0 Å². The highest BCUT2D eigenvalue weighted by Crippen LogP contribution is 2.19. The number of benzene rings is 1. The van der Waals surface area contributed by atoms with Crippen molar-refractivity contribution in [2.45, 2.75) is 50.7 Å². The van der Waals surface area contributed by atoms with Crippen LogP contribution >= 0.6 is 0 Å². The van der Waals surface area contributed by atoms with E-state index in [1.807, 2.05) is 20.8 Å². The number of rotatable bonds is 8. The van der Waals surface area contributed by atoms with Crippen LogP contribution in [-0.2, 0) is 19.6 Å². The molecule has 0 saturated heterocycles. The molecule has 0 fully saturated rings. The lowest BCUT2D eigenvalue weighted by Gasteiger charge is -2.19. The second-order valence-electron chi connectivity index (χ2n) is 5.18. The summed E-state index contributed by atoms with van der Waals surface area (Å²) in [5.74, 6) is -0.229. The van der Waals surface area contributed by atoms with E-state index in [0.29, 0.717) is 12.0 Å². The summed E-state index contributed by atoms with van der Waals surface area (Å²) in [7, 11) is -3.76. The third-order valence-corrected chi connectivity index (χ3v) is 4.32. The highest BCUT2D eigenvalue weighted by atomic mass is 32.2. The summed E-state index contributed by atoms with van der Waals surface area (Å²) in [5, 5.41) is 7.97. The van der Waals surface area contributed by atoms with Crippen LogP contribution in [-0.4, -0.2) is 27.0 Å². The van der Waals surface area contributed by atoms with Crippen molar-refractivity contribution in [2.24, 2.45) is 5.14 Å². The van der Waals surface area contributed by atoms with Gasteiger partial charge in [-0.15, -0.1) is 0 Å². The Labute approximate surface area is 132 Å². The van der Waals surface area contributed by atoms with Crippen LogP contribution in [0.3, 0.4) is 0 Å². The first kappa shape index (κ1) is 18.6. The summed E-state index contributed by atoms with van der Waals surface area (Å²) >= 11 is 0. The molecule has 6 nitrogen and oxygen atoms in total. The second kappa shape index (κ2) is 8.26. The van der Waals surface area contributed by atoms with Crippen LogP contribution in [0.5, 0.6) is 0 Å². The van der Waals surface area contributed by atoms with Gasteiger partial charge in [-0.1, -0.05) is 26.0 Å². The molecule has 0 spiro atoms. The molecule has 3 N–H and O–H groups in total. The van der Waals surface area contributed by atoms with Crippen molar-refractivity contribution in [2.75, 3.05) is 6.61 Å². The van der Waals surface area contributed by atoms with Crippen molar-refractivity contribution in [3.8, 4) is 0 Å². The van der Waals surface area contributed by atoms with Crippen LogP contribution < -0.4 is 10.5 Å². The lowest BCUT2D eigenvalue weighted by atomic mass is 10.0. The van der Waals surface area contributed by atoms with Gasteiger partial charge in [0.2, 0.25) is 15.9 Å². The standard InChI is InChI=1S/C15H24N2O4S/c1-4-11(3)21-10-15(18)17-14(5-2)12-7-6-8-13(9-12)22(16,19)20/h6-9,11,14H,4-5,10H2,1-3H3,(H,17,18)(H2,16,19,20)/t11-,14-/m0/s1. The minimum absolute atomic E-state index is 0.0135. The first-order valence-electron chi connectivity index (χ1n) is 7.31. The molecule has 1 rings (SSSR count). The van der Waals surface area contributed by atoms with Gasteiger partial charge in [-0.05, 0) is 37.5 Å². The molecular formula is C15H24N2O4S. The van der Waals surface area contributed by atoms with Crippen molar-refractivity contribution < 1.29 is 17.9 Å². The fourth-order valence-electron chi connectivity index (χ4n) is 1.90. The molecule has 124 valence electrons. The first-order valence-corrected chi connectivity index (χ1v) is 8.86. The van der Waals surface area contributed by atoms with Crippen LogP contribution in [0.1, 0.15) is 45.2 Å². The Morgan fingerprint density at radius 1 is 1.32 bits per heavy atom. The first-order chi connectivity index (χ1) is 10.3. The molecule has 0 unspecified atom stereocenters. The number of sulfonamides is 1.